The van der Waals surface area contributed by atoms with E-state index in [0.717, 1.165) is 5.56 Å². The fraction of sp³-hybridized carbons (Fsp3) is 0.176. The zero-order valence-electron chi connectivity index (χ0n) is 12.2. The highest BCUT2D eigenvalue weighted by molar-refractivity contribution is 6.30. The number of hydrogen-bond donors (Lipinski definition) is 2. The van der Waals surface area contributed by atoms with Gasteiger partial charge in [-0.1, -0.05) is 29.8 Å². The van der Waals surface area contributed by atoms with Gasteiger partial charge in [-0.05, 0) is 42.3 Å². The predicted octanol–water partition coefficient (Wildman–Crippen LogP) is 3.87. The number of carbonyl (C=O) groups excluding carboxylic acids is 2. The van der Waals surface area contributed by atoms with Gasteiger partial charge >= 0.3 is 0 Å². The first-order valence-corrected chi connectivity index (χ1v) is 7.33. The number of nitrogens with one attached hydrogen (secondary N) is 2. The molecule has 2 N–H and O–H groups in total. The Morgan fingerprint density at radius 2 is 1.64 bits per heavy atom. The number of carbonyl (C=O) groups is 2. The minimum atomic E-state index is -0.147. The summed E-state index contributed by atoms with van der Waals surface area (Å²) in [5, 5.41) is 6.18. The fourth-order valence-electron chi connectivity index (χ4n) is 2.01. The van der Waals surface area contributed by atoms with Crippen molar-refractivity contribution in [1.29, 1.82) is 0 Å². The van der Waals surface area contributed by atoms with E-state index in [1.165, 1.54) is 6.92 Å². The highest BCUT2D eigenvalue weighted by atomic mass is 35.5. The summed E-state index contributed by atoms with van der Waals surface area (Å²) in [6.45, 7) is 1.44. The topological polar surface area (TPSA) is 58.2 Å². The smallest absolute Gasteiger partial charge is 0.224 e. The molecule has 0 aliphatic heterocycles. The molecule has 0 heterocycles. The molecule has 2 aromatic carbocycles. The van der Waals surface area contributed by atoms with Crippen LogP contribution < -0.4 is 10.6 Å². The molecule has 0 fully saturated rings. The average Bonchev–Trinajstić information content (AvgIpc) is 2.46. The minimum absolute atomic E-state index is 0.0741. The van der Waals surface area contributed by atoms with Crippen LogP contribution >= 0.6 is 11.6 Å². The highest BCUT2D eigenvalue weighted by Crippen LogP contribution is 2.16. The van der Waals surface area contributed by atoms with E-state index in [0.29, 0.717) is 29.2 Å². The monoisotopic (exact) mass is 316 g/mol. The maximum atomic E-state index is 12.0. The normalized spacial score (nSPS) is 10.1. The van der Waals surface area contributed by atoms with E-state index in [1.807, 2.05) is 24.3 Å². The molecule has 0 spiro atoms. The largest absolute Gasteiger partial charge is 0.326 e. The zero-order valence-corrected chi connectivity index (χ0v) is 13.0. The molecule has 2 amide bonds. The van der Waals surface area contributed by atoms with Crippen molar-refractivity contribution in [2.75, 3.05) is 10.6 Å². The third-order valence-electron chi connectivity index (χ3n) is 3.02. The summed E-state index contributed by atoms with van der Waals surface area (Å²) in [5.41, 5.74) is 2.38. The number of anilines is 2. The Morgan fingerprint density at radius 1 is 1.00 bits per heavy atom. The molecule has 0 bridgehead atoms. The number of rotatable bonds is 5. The van der Waals surface area contributed by atoms with Gasteiger partial charge in [0, 0.05) is 29.7 Å². The lowest BCUT2D eigenvalue weighted by molar-refractivity contribution is -0.116. The van der Waals surface area contributed by atoms with Crippen LogP contribution in [0.25, 0.3) is 0 Å². The standard InChI is InChI=1S/C17H17ClN2O2/c1-12(21)19-15-3-2-4-16(11-15)20-17(22)10-7-13-5-8-14(18)9-6-13/h2-6,8-9,11H,7,10H2,1H3,(H,19,21)(H,20,22). The van der Waals surface area contributed by atoms with Crippen LogP contribution in [0.4, 0.5) is 11.4 Å². The molecule has 0 unspecified atom stereocenters. The summed E-state index contributed by atoms with van der Waals surface area (Å²) in [7, 11) is 0. The van der Waals surface area contributed by atoms with Crippen LogP contribution in [-0.4, -0.2) is 11.8 Å². The van der Waals surface area contributed by atoms with Gasteiger partial charge in [0.25, 0.3) is 0 Å². The van der Waals surface area contributed by atoms with Crippen molar-refractivity contribution < 1.29 is 9.59 Å². The molecule has 22 heavy (non-hydrogen) atoms. The first-order valence-electron chi connectivity index (χ1n) is 6.95. The van der Waals surface area contributed by atoms with Gasteiger partial charge < -0.3 is 10.6 Å². The van der Waals surface area contributed by atoms with Gasteiger partial charge in [-0.3, -0.25) is 9.59 Å². The Bertz CT molecular complexity index is 669. The van der Waals surface area contributed by atoms with E-state index in [4.69, 9.17) is 11.6 Å². The third-order valence-corrected chi connectivity index (χ3v) is 3.27. The molecule has 2 aromatic rings. The molecular weight excluding hydrogens is 300 g/mol. The lowest BCUT2D eigenvalue weighted by Crippen LogP contribution is -2.13. The van der Waals surface area contributed by atoms with Gasteiger partial charge in [0.15, 0.2) is 0 Å². The van der Waals surface area contributed by atoms with Gasteiger partial charge in [0.05, 0.1) is 0 Å². The zero-order chi connectivity index (χ0) is 15.9. The van der Waals surface area contributed by atoms with E-state index in [1.54, 1.807) is 24.3 Å². The van der Waals surface area contributed by atoms with Crippen molar-refractivity contribution >= 4 is 34.8 Å². The Balaban J connectivity index is 1.89. The van der Waals surface area contributed by atoms with Crippen LogP contribution in [0, 0.1) is 0 Å². The number of amides is 2. The molecule has 114 valence electrons. The molecule has 0 saturated heterocycles. The van der Waals surface area contributed by atoms with Crippen LogP contribution in [-0.2, 0) is 16.0 Å². The summed E-state index contributed by atoms with van der Waals surface area (Å²) in [6.07, 6.45) is 1.03. The Hall–Kier alpha value is -2.33. The average molecular weight is 317 g/mol. The number of aryl methyl sites for hydroxylation is 1. The van der Waals surface area contributed by atoms with Crippen molar-refractivity contribution in [2.24, 2.45) is 0 Å². The highest BCUT2D eigenvalue weighted by Gasteiger charge is 2.04. The minimum Gasteiger partial charge on any atom is -0.326 e. The van der Waals surface area contributed by atoms with Gasteiger partial charge in [-0.15, -0.1) is 0 Å². The quantitative estimate of drug-likeness (QED) is 0.879. The lowest BCUT2D eigenvalue weighted by atomic mass is 10.1. The molecule has 0 aromatic heterocycles. The maximum absolute atomic E-state index is 12.0. The van der Waals surface area contributed by atoms with Crippen molar-refractivity contribution in [3.8, 4) is 0 Å². The van der Waals surface area contributed by atoms with Crippen LogP contribution in [0.3, 0.4) is 0 Å². The molecule has 4 nitrogen and oxygen atoms in total. The van der Waals surface area contributed by atoms with E-state index < -0.39 is 0 Å². The predicted molar refractivity (Wildman–Crippen MR) is 89.1 cm³/mol. The summed E-state index contributed by atoms with van der Waals surface area (Å²) >= 11 is 5.82. The van der Waals surface area contributed by atoms with Gasteiger partial charge in [-0.25, -0.2) is 0 Å². The van der Waals surface area contributed by atoms with Gasteiger partial charge in [0.2, 0.25) is 11.8 Å². The number of halogens is 1. The van der Waals surface area contributed by atoms with Gasteiger partial charge in [-0.2, -0.15) is 0 Å². The summed E-state index contributed by atoms with van der Waals surface area (Å²) in [5.74, 6) is -0.221. The molecular formula is C17H17ClN2O2. The fourth-order valence-corrected chi connectivity index (χ4v) is 2.14. The Kier molecular flexibility index (Phi) is 5.55. The van der Waals surface area contributed by atoms with Crippen molar-refractivity contribution in [3.05, 3.63) is 59.1 Å². The van der Waals surface area contributed by atoms with Crippen molar-refractivity contribution in [2.45, 2.75) is 19.8 Å². The van der Waals surface area contributed by atoms with E-state index in [9.17, 15) is 9.59 Å². The molecule has 0 aliphatic rings. The van der Waals surface area contributed by atoms with Crippen LogP contribution in [0.15, 0.2) is 48.5 Å². The molecule has 0 saturated carbocycles. The Morgan fingerprint density at radius 3 is 2.27 bits per heavy atom. The van der Waals surface area contributed by atoms with Gasteiger partial charge in [0.1, 0.15) is 0 Å². The SMILES string of the molecule is CC(=O)Nc1cccc(NC(=O)CCc2ccc(Cl)cc2)c1. The second-order valence-electron chi connectivity index (χ2n) is 4.94. The summed E-state index contributed by atoms with van der Waals surface area (Å²) in [4.78, 5) is 23.0. The molecule has 0 radical (unpaired) electrons. The molecule has 2 rings (SSSR count). The lowest BCUT2D eigenvalue weighted by Gasteiger charge is -2.08. The van der Waals surface area contributed by atoms with E-state index >= 15 is 0 Å². The third kappa shape index (κ3) is 5.22. The van der Waals surface area contributed by atoms with Crippen LogP contribution in [0.1, 0.15) is 18.9 Å². The van der Waals surface area contributed by atoms with Crippen molar-refractivity contribution in [1.82, 2.24) is 0 Å². The number of hydrogen-bond acceptors (Lipinski definition) is 2. The first-order chi connectivity index (χ1) is 10.5. The summed E-state index contributed by atoms with van der Waals surface area (Å²) < 4.78 is 0. The second kappa shape index (κ2) is 7.61. The van der Waals surface area contributed by atoms with Crippen molar-refractivity contribution in [3.63, 3.8) is 0 Å². The van der Waals surface area contributed by atoms with Crippen LogP contribution in [0.5, 0.6) is 0 Å². The molecule has 0 atom stereocenters. The van der Waals surface area contributed by atoms with E-state index in [2.05, 4.69) is 10.6 Å². The molecule has 5 heteroatoms. The van der Waals surface area contributed by atoms with E-state index in [-0.39, 0.29) is 11.8 Å². The maximum Gasteiger partial charge on any atom is 0.224 e. The first kappa shape index (κ1) is 16.0. The Labute approximate surface area is 134 Å². The number of benzene rings is 2. The summed E-state index contributed by atoms with van der Waals surface area (Å²) in [6, 6.07) is 14.5. The second-order valence-corrected chi connectivity index (χ2v) is 5.37. The molecule has 0 aliphatic carbocycles. The van der Waals surface area contributed by atoms with Crippen LogP contribution in [0.2, 0.25) is 5.02 Å².